The van der Waals surface area contributed by atoms with Gasteiger partial charge >= 0.3 is 0 Å². The van der Waals surface area contributed by atoms with E-state index in [0.29, 0.717) is 4.90 Å². The molecule has 0 N–H and O–H groups in total. The van der Waals surface area contributed by atoms with Crippen molar-refractivity contribution in [3.8, 4) is 5.69 Å². The zero-order chi connectivity index (χ0) is 12.5. The van der Waals surface area contributed by atoms with Crippen LogP contribution in [0.25, 0.3) is 5.69 Å². The van der Waals surface area contributed by atoms with E-state index >= 15 is 0 Å². The Morgan fingerprint density at radius 2 is 1.94 bits per heavy atom. The second-order valence-electron chi connectivity index (χ2n) is 3.77. The molecule has 0 spiro atoms. The van der Waals surface area contributed by atoms with Crippen molar-refractivity contribution < 1.29 is 8.42 Å². The number of nitrogens with zero attached hydrogens (tertiary/aromatic N) is 3. The highest BCUT2D eigenvalue weighted by molar-refractivity contribution is 7.90. The Hall–Kier alpha value is -1.63. The Morgan fingerprint density at radius 3 is 2.41 bits per heavy atom. The molecule has 88 valence electrons. The summed E-state index contributed by atoms with van der Waals surface area (Å²) in [5.74, 6) is 0. The second kappa shape index (κ2) is 4.33. The first-order valence-corrected chi connectivity index (χ1v) is 7.11. The monoisotopic (exact) mass is 249 g/mol. The molecular formula is C10H12BN3O2S. The van der Waals surface area contributed by atoms with Crippen molar-refractivity contribution in [2.45, 2.75) is 11.2 Å². The first-order valence-electron chi connectivity index (χ1n) is 5.22. The molecule has 0 fully saturated rings. The molecule has 0 atom stereocenters. The molecule has 7 heteroatoms. The number of hydrogen-bond donors (Lipinski definition) is 0. The van der Waals surface area contributed by atoms with Gasteiger partial charge in [-0.25, -0.2) is 13.1 Å². The summed E-state index contributed by atoms with van der Waals surface area (Å²) in [4.78, 5) is 0.303. The van der Waals surface area contributed by atoms with Crippen molar-refractivity contribution in [2.24, 2.45) is 0 Å². The normalized spacial score (nSPS) is 11.6. The van der Waals surface area contributed by atoms with Crippen LogP contribution in [-0.4, -0.2) is 37.5 Å². The van der Waals surface area contributed by atoms with E-state index in [1.54, 1.807) is 28.9 Å². The summed E-state index contributed by atoms with van der Waals surface area (Å²) in [7, 11) is -1.15. The zero-order valence-electron chi connectivity index (χ0n) is 9.66. The van der Waals surface area contributed by atoms with Gasteiger partial charge in [-0.2, -0.15) is 0 Å². The topological polar surface area (TPSA) is 64.8 Å². The Balaban J connectivity index is 2.35. The van der Waals surface area contributed by atoms with Crippen molar-refractivity contribution in [1.29, 1.82) is 0 Å². The molecule has 0 saturated heterocycles. The van der Waals surface area contributed by atoms with Crippen LogP contribution in [0.4, 0.5) is 0 Å². The maximum atomic E-state index is 11.3. The Labute approximate surface area is 101 Å². The summed E-state index contributed by atoms with van der Waals surface area (Å²) >= 11 is 0. The Kier molecular flexibility index (Phi) is 3.02. The lowest BCUT2D eigenvalue weighted by atomic mass is 10.0. The molecular weight excluding hydrogens is 237 g/mol. The van der Waals surface area contributed by atoms with Crippen LogP contribution in [0.15, 0.2) is 35.4 Å². The highest BCUT2D eigenvalue weighted by Crippen LogP contribution is 2.13. The fraction of sp³-hybridized carbons (Fsp3) is 0.200. The minimum Gasteiger partial charge on any atom is -0.224 e. The third-order valence-corrected chi connectivity index (χ3v) is 3.56. The molecule has 2 aromatic rings. The van der Waals surface area contributed by atoms with Crippen LogP contribution in [-0.2, 0) is 16.2 Å². The van der Waals surface area contributed by atoms with E-state index < -0.39 is 9.84 Å². The summed E-state index contributed by atoms with van der Waals surface area (Å²) in [5.41, 5.74) is 1.70. The Bertz CT molecular complexity index is 619. The van der Waals surface area contributed by atoms with E-state index in [1.165, 1.54) is 6.26 Å². The molecule has 0 aliphatic rings. The van der Waals surface area contributed by atoms with Crippen molar-refractivity contribution in [2.75, 3.05) is 6.26 Å². The summed E-state index contributed by atoms with van der Waals surface area (Å²) < 4.78 is 24.2. The molecule has 0 unspecified atom stereocenters. The van der Waals surface area contributed by atoms with E-state index in [0.717, 1.165) is 17.7 Å². The van der Waals surface area contributed by atoms with Crippen molar-refractivity contribution in [1.82, 2.24) is 15.0 Å². The van der Waals surface area contributed by atoms with Crippen molar-refractivity contribution >= 4 is 17.7 Å². The summed E-state index contributed by atoms with van der Waals surface area (Å²) in [6, 6.07) is 6.56. The molecule has 1 aromatic carbocycles. The second-order valence-corrected chi connectivity index (χ2v) is 5.79. The average Bonchev–Trinajstić information content (AvgIpc) is 2.76. The molecule has 17 heavy (non-hydrogen) atoms. The van der Waals surface area contributed by atoms with E-state index in [9.17, 15) is 8.42 Å². The van der Waals surface area contributed by atoms with E-state index in [2.05, 4.69) is 10.3 Å². The van der Waals surface area contributed by atoms with Crippen LogP contribution in [0.3, 0.4) is 0 Å². The zero-order valence-corrected chi connectivity index (χ0v) is 10.5. The van der Waals surface area contributed by atoms with Crippen LogP contribution in [0, 0.1) is 0 Å². The van der Waals surface area contributed by atoms with Crippen LogP contribution in [0.2, 0.25) is 0 Å². The molecule has 0 aliphatic carbocycles. The lowest BCUT2D eigenvalue weighted by Gasteiger charge is -2.01. The number of benzene rings is 1. The standard InChI is InChI=1S/C10H12BN3O2S/c1-17(15,16)10-4-2-9(3-5-10)14-7-8(6-11)12-13-14/h2-5,7H,6,11H2,1H3. The first kappa shape index (κ1) is 11.8. The molecule has 0 amide bonds. The third kappa shape index (κ3) is 2.55. The lowest BCUT2D eigenvalue weighted by molar-refractivity contribution is 0.602. The van der Waals surface area contributed by atoms with Gasteiger partial charge in [-0.1, -0.05) is 5.21 Å². The quantitative estimate of drug-likeness (QED) is 0.707. The van der Waals surface area contributed by atoms with Gasteiger partial charge < -0.3 is 0 Å². The number of hydrogen-bond acceptors (Lipinski definition) is 4. The summed E-state index contributed by atoms with van der Waals surface area (Å²) in [6.07, 6.45) is 3.84. The number of aromatic nitrogens is 3. The smallest absolute Gasteiger partial charge is 0.175 e. The average molecular weight is 249 g/mol. The van der Waals surface area contributed by atoms with Gasteiger partial charge in [0.2, 0.25) is 0 Å². The fourth-order valence-corrected chi connectivity index (χ4v) is 2.06. The van der Waals surface area contributed by atoms with E-state index in [1.807, 2.05) is 14.0 Å². The van der Waals surface area contributed by atoms with E-state index in [4.69, 9.17) is 0 Å². The summed E-state index contributed by atoms with van der Waals surface area (Å²) in [6.45, 7) is 0. The minimum atomic E-state index is -3.15. The van der Waals surface area contributed by atoms with Crippen LogP contribution in [0.1, 0.15) is 5.69 Å². The first-order chi connectivity index (χ1) is 8.00. The van der Waals surface area contributed by atoms with E-state index in [-0.39, 0.29) is 0 Å². The molecule has 5 nitrogen and oxygen atoms in total. The van der Waals surface area contributed by atoms with Crippen molar-refractivity contribution in [3.05, 3.63) is 36.2 Å². The predicted octanol–water partition coefficient (Wildman–Crippen LogP) is -0.196. The highest BCUT2D eigenvalue weighted by atomic mass is 32.2. The van der Waals surface area contributed by atoms with Gasteiger partial charge in [-0.3, -0.25) is 0 Å². The largest absolute Gasteiger partial charge is 0.224 e. The van der Waals surface area contributed by atoms with Gasteiger partial charge in [0.1, 0.15) is 7.85 Å². The van der Waals surface area contributed by atoms with Gasteiger partial charge in [0.15, 0.2) is 9.84 Å². The third-order valence-electron chi connectivity index (χ3n) is 2.43. The molecule has 0 radical (unpaired) electrons. The molecule has 0 bridgehead atoms. The molecule has 2 rings (SSSR count). The minimum absolute atomic E-state index is 0.303. The maximum Gasteiger partial charge on any atom is 0.175 e. The maximum absolute atomic E-state index is 11.3. The van der Waals surface area contributed by atoms with Gasteiger partial charge in [0, 0.05) is 6.26 Å². The summed E-state index contributed by atoms with van der Waals surface area (Å²) in [5, 5.41) is 7.94. The molecule has 0 aliphatic heterocycles. The molecule has 0 saturated carbocycles. The fourth-order valence-electron chi connectivity index (χ4n) is 1.43. The Morgan fingerprint density at radius 1 is 1.29 bits per heavy atom. The van der Waals surface area contributed by atoms with Gasteiger partial charge in [-0.05, 0) is 30.6 Å². The van der Waals surface area contributed by atoms with Crippen LogP contribution in [0.5, 0.6) is 0 Å². The van der Waals surface area contributed by atoms with Crippen molar-refractivity contribution in [3.63, 3.8) is 0 Å². The van der Waals surface area contributed by atoms with Crippen LogP contribution >= 0.6 is 0 Å². The predicted molar refractivity (Wildman–Crippen MR) is 66.7 cm³/mol. The molecule has 1 heterocycles. The number of rotatable bonds is 3. The molecule has 1 aromatic heterocycles. The van der Waals surface area contributed by atoms with Gasteiger partial charge in [-0.15, -0.1) is 5.10 Å². The SMILES string of the molecule is BCc1cn(-c2ccc(S(C)(=O)=O)cc2)nn1. The van der Waals surface area contributed by atoms with Crippen LogP contribution < -0.4 is 0 Å². The highest BCUT2D eigenvalue weighted by Gasteiger charge is 2.07. The van der Waals surface area contributed by atoms with Gasteiger partial charge in [0.05, 0.1) is 22.5 Å². The lowest BCUT2D eigenvalue weighted by Crippen LogP contribution is -1.99. The van der Waals surface area contributed by atoms with Gasteiger partial charge in [0.25, 0.3) is 0 Å². The number of sulfone groups is 1.